The van der Waals surface area contributed by atoms with Gasteiger partial charge in [0.05, 0.1) is 10.6 Å². The van der Waals surface area contributed by atoms with Crippen LogP contribution in [0.1, 0.15) is 22.8 Å². The molecule has 1 aliphatic heterocycles. The number of anilines is 1. The van der Waals surface area contributed by atoms with Gasteiger partial charge in [0.15, 0.2) is 11.5 Å². The maximum Gasteiger partial charge on any atom is 0.261 e. The van der Waals surface area contributed by atoms with Crippen LogP contribution in [-0.4, -0.2) is 26.7 Å². The van der Waals surface area contributed by atoms with E-state index in [0.717, 1.165) is 5.56 Å². The summed E-state index contributed by atoms with van der Waals surface area (Å²) in [6.45, 7) is 2.65. The largest absolute Gasteiger partial charge is 0.486 e. The Kier molecular flexibility index (Phi) is 5.17. The van der Waals surface area contributed by atoms with Crippen molar-refractivity contribution in [2.45, 2.75) is 17.9 Å². The lowest BCUT2D eigenvalue weighted by molar-refractivity contribution is 0.170. The zero-order valence-corrected chi connectivity index (χ0v) is 16.6. The molecule has 6 nitrogen and oxygen atoms in total. The average molecular weight is 411 g/mol. The fourth-order valence-electron chi connectivity index (χ4n) is 3.16. The van der Waals surface area contributed by atoms with Crippen LogP contribution in [0.5, 0.6) is 11.5 Å². The fraction of sp³-hybridized carbons (Fsp3) is 0.182. The van der Waals surface area contributed by atoms with E-state index in [1.54, 1.807) is 48.5 Å². The topological polar surface area (TPSA) is 84.9 Å². The standard InChI is InChI=1S/C22H21NO5S/c1-15-7-9-17(10-8-15)29(25,26)23-19-14-21-20(27-11-12-28-21)13-18(19)22(24)16-5-3-2-4-6-16/h2-10,13-14,22-24H,11-12H2,1H3/t22-/m1/s1. The van der Waals surface area contributed by atoms with Gasteiger partial charge in [0.1, 0.15) is 19.3 Å². The van der Waals surface area contributed by atoms with E-state index in [0.29, 0.717) is 35.8 Å². The molecule has 29 heavy (non-hydrogen) atoms. The number of fused-ring (bicyclic) bond motifs is 1. The summed E-state index contributed by atoms with van der Waals surface area (Å²) in [5, 5.41) is 10.9. The smallest absolute Gasteiger partial charge is 0.261 e. The third-order valence-electron chi connectivity index (χ3n) is 4.70. The molecule has 0 aliphatic carbocycles. The van der Waals surface area contributed by atoms with Crippen LogP contribution < -0.4 is 14.2 Å². The van der Waals surface area contributed by atoms with Gasteiger partial charge < -0.3 is 14.6 Å². The van der Waals surface area contributed by atoms with Crippen molar-refractivity contribution >= 4 is 15.7 Å². The molecular formula is C22H21NO5S. The van der Waals surface area contributed by atoms with Gasteiger partial charge in [-0.3, -0.25) is 4.72 Å². The second kappa shape index (κ2) is 7.77. The van der Waals surface area contributed by atoms with Crippen molar-refractivity contribution in [3.05, 3.63) is 83.4 Å². The Balaban J connectivity index is 1.77. The van der Waals surface area contributed by atoms with Crippen molar-refractivity contribution < 1.29 is 23.0 Å². The Bertz CT molecular complexity index is 1110. The highest BCUT2D eigenvalue weighted by atomic mass is 32.2. The summed E-state index contributed by atoms with van der Waals surface area (Å²) in [5.74, 6) is 0.904. The number of nitrogens with one attached hydrogen (secondary N) is 1. The number of sulfonamides is 1. The number of benzene rings is 3. The first-order valence-corrected chi connectivity index (χ1v) is 10.7. The van der Waals surface area contributed by atoms with E-state index in [9.17, 15) is 13.5 Å². The maximum absolute atomic E-state index is 12.9. The van der Waals surface area contributed by atoms with Gasteiger partial charge in [-0.05, 0) is 30.7 Å². The molecule has 0 saturated heterocycles. The van der Waals surface area contributed by atoms with E-state index in [2.05, 4.69) is 4.72 Å². The summed E-state index contributed by atoms with van der Waals surface area (Å²) in [7, 11) is -3.85. The quantitative estimate of drug-likeness (QED) is 0.670. The number of aliphatic hydroxyl groups is 1. The molecular weight excluding hydrogens is 390 g/mol. The van der Waals surface area contributed by atoms with Gasteiger partial charge in [-0.25, -0.2) is 8.42 Å². The molecule has 1 heterocycles. The van der Waals surface area contributed by atoms with Crippen LogP contribution in [0.2, 0.25) is 0 Å². The Morgan fingerprint density at radius 1 is 0.931 bits per heavy atom. The highest BCUT2D eigenvalue weighted by molar-refractivity contribution is 7.92. The first kappa shape index (κ1) is 19.3. The van der Waals surface area contributed by atoms with Crippen molar-refractivity contribution in [3.8, 4) is 11.5 Å². The van der Waals surface area contributed by atoms with Gasteiger partial charge in [0.25, 0.3) is 10.0 Å². The predicted octanol–water partition coefficient (Wildman–Crippen LogP) is 3.65. The van der Waals surface area contributed by atoms with Crippen molar-refractivity contribution in [2.24, 2.45) is 0 Å². The van der Waals surface area contributed by atoms with Gasteiger partial charge in [-0.2, -0.15) is 0 Å². The Morgan fingerprint density at radius 3 is 2.21 bits per heavy atom. The minimum Gasteiger partial charge on any atom is -0.486 e. The van der Waals surface area contributed by atoms with E-state index in [-0.39, 0.29) is 10.6 Å². The summed E-state index contributed by atoms with van der Waals surface area (Å²) in [4.78, 5) is 0.137. The van der Waals surface area contributed by atoms with Gasteiger partial charge in [-0.1, -0.05) is 48.0 Å². The number of ether oxygens (including phenoxy) is 2. The number of hydrogen-bond acceptors (Lipinski definition) is 5. The van der Waals surface area contributed by atoms with Crippen LogP contribution in [-0.2, 0) is 10.0 Å². The molecule has 0 spiro atoms. The average Bonchev–Trinajstić information content (AvgIpc) is 2.73. The van der Waals surface area contributed by atoms with E-state index in [1.807, 2.05) is 25.1 Å². The van der Waals surface area contributed by atoms with Gasteiger partial charge >= 0.3 is 0 Å². The molecule has 3 aromatic carbocycles. The Morgan fingerprint density at radius 2 is 1.55 bits per heavy atom. The van der Waals surface area contributed by atoms with Gasteiger partial charge in [-0.15, -0.1) is 0 Å². The molecule has 0 unspecified atom stereocenters. The molecule has 4 rings (SSSR count). The Hall–Kier alpha value is -3.03. The highest BCUT2D eigenvalue weighted by Crippen LogP contribution is 2.40. The lowest BCUT2D eigenvalue weighted by atomic mass is 9.99. The molecule has 1 atom stereocenters. The molecule has 3 aromatic rings. The van der Waals surface area contributed by atoms with E-state index >= 15 is 0 Å². The van der Waals surface area contributed by atoms with Crippen LogP contribution in [0.25, 0.3) is 0 Å². The van der Waals surface area contributed by atoms with E-state index in [1.165, 1.54) is 0 Å². The zero-order chi connectivity index (χ0) is 20.4. The maximum atomic E-state index is 12.9. The number of rotatable bonds is 5. The van der Waals surface area contributed by atoms with Crippen molar-refractivity contribution in [2.75, 3.05) is 17.9 Å². The second-order valence-electron chi connectivity index (χ2n) is 6.81. The first-order valence-electron chi connectivity index (χ1n) is 9.20. The summed E-state index contributed by atoms with van der Waals surface area (Å²) in [6.07, 6.45) is -1.04. The van der Waals surface area contributed by atoms with Gasteiger partial charge in [0, 0.05) is 11.6 Å². The molecule has 0 aromatic heterocycles. The fourth-order valence-corrected chi connectivity index (χ4v) is 4.23. The lowest BCUT2D eigenvalue weighted by Gasteiger charge is -2.23. The first-order chi connectivity index (χ1) is 13.9. The molecule has 0 radical (unpaired) electrons. The summed E-state index contributed by atoms with van der Waals surface area (Å²) in [5.41, 5.74) is 2.23. The monoisotopic (exact) mass is 411 g/mol. The molecule has 0 bridgehead atoms. The van der Waals surface area contributed by atoms with Crippen molar-refractivity contribution in [1.82, 2.24) is 0 Å². The van der Waals surface area contributed by atoms with Crippen LogP contribution in [0, 0.1) is 6.92 Å². The zero-order valence-electron chi connectivity index (χ0n) is 15.8. The molecule has 0 amide bonds. The molecule has 0 fully saturated rings. The summed E-state index contributed by atoms with van der Waals surface area (Å²) < 4.78 is 39.7. The highest BCUT2D eigenvalue weighted by Gasteiger charge is 2.24. The van der Waals surface area contributed by atoms with Crippen LogP contribution in [0.4, 0.5) is 5.69 Å². The third kappa shape index (κ3) is 4.06. The minimum absolute atomic E-state index is 0.137. The lowest BCUT2D eigenvalue weighted by Crippen LogP contribution is -2.19. The van der Waals surface area contributed by atoms with Crippen LogP contribution in [0.15, 0.2) is 71.6 Å². The third-order valence-corrected chi connectivity index (χ3v) is 6.08. The molecule has 2 N–H and O–H groups in total. The SMILES string of the molecule is Cc1ccc(S(=O)(=O)Nc2cc3c(cc2[C@H](O)c2ccccc2)OCCO3)cc1. The minimum atomic E-state index is -3.85. The van der Waals surface area contributed by atoms with Crippen LogP contribution in [0.3, 0.4) is 0 Å². The molecule has 1 aliphatic rings. The van der Waals surface area contributed by atoms with E-state index in [4.69, 9.17) is 9.47 Å². The van der Waals surface area contributed by atoms with Crippen molar-refractivity contribution in [3.63, 3.8) is 0 Å². The normalized spacial score (nSPS) is 14.3. The van der Waals surface area contributed by atoms with Crippen molar-refractivity contribution in [1.29, 1.82) is 0 Å². The molecule has 7 heteroatoms. The predicted molar refractivity (Wildman–Crippen MR) is 110 cm³/mol. The molecule has 0 saturated carbocycles. The number of aryl methyl sites for hydroxylation is 1. The summed E-state index contributed by atoms with van der Waals surface area (Å²) >= 11 is 0. The van der Waals surface area contributed by atoms with E-state index < -0.39 is 16.1 Å². The Labute approximate surface area is 169 Å². The molecule has 150 valence electrons. The summed E-state index contributed by atoms with van der Waals surface area (Å²) in [6, 6.07) is 18.8. The number of hydrogen-bond donors (Lipinski definition) is 2. The number of aliphatic hydroxyl groups excluding tert-OH is 1. The second-order valence-corrected chi connectivity index (χ2v) is 8.50. The van der Waals surface area contributed by atoms with Gasteiger partial charge in [0.2, 0.25) is 0 Å². The van der Waals surface area contributed by atoms with Crippen LogP contribution >= 0.6 is 0 Å².